The van der Waals surface area contributed by atoms with E-state index in [0.29, 0.717) is 5.56 Å². The van der Waals surface area contributed by atoms with Gasteiger partial charge in [-0.15, -0.1) is 0 Å². The normalized spacial score (nSPS) is 12.6. The van der Waals surface area contributed by atoms with Gasteiger partial charge in [0.1, 0.15) is 0 Å². The molecule has 0 saturated heterocycles. The van der Waals surface area contributed by atoms with Gasteiger partial charge in [-0.3, -0.25) is 8.98 Å². The number of hydrogen-bond acceptors (Lipinski definition) is 5. The summed E-state index contributed by atoms with van der Waals surface area (Å²) >= 11 is 0. The highest BCUT2D eigenvalue weighted by Crippen LogP contribution is 2.22. The summed E-state index contributed by atoms with van der Waals surface area (Å²) in [5.41, 5.74) is 0.766. The molecule has 2 aromatic carbocycles. The Morgan fingerprint density at radius 2 is 1.61 bits per heavy atom. The van der Waals surface area contributed by atoms with Gasteiger partial charge in [0, 0.05) is 11.1 Å². The summed E-state index contributed by atoms with van der Waals surface area (Å²) in [5, 5.41) is 9.16. The van der Waals surface area contributed by atoms with Gasteiger partial charge in [0.15, 0.2) is 11.9 Å². The molecule has 0 amide bonds. The maximum atomic E-state index is 12.4. The van der Waals surface area contributed by atoms with E-state index in [0.717, 1.165) is 6.26 Å². The number of carbonyl (C=O) groups excluding carboxylic acids is 1. The number of rotatable bonds is 6. The second-order valence-electron chi connectivity index (χ2n) is 4.84. The lowest BCUT2D eigenvalue weighted by Crippen LogP contribution is -2.19. The van der Waals surface area contributed by atoms with Crippen LogP contribution in [0, 0.1) is 0 Å². The van der Waals surface area contributed by atoms with E-state index < -0.39 is 22.2 Å². The molecular formula is C16H14O6S. The molecule has 7 heteroatoms. The highest BCUT2D eigenvalue weighted by molar-refractivity contribution is 7.86. The van der Waals surface area contributed by atoms with Crippen molar-refractivity contribution in [1.82, 2.24) is 0 Å². The van der Waals surface area contributed by atoms with Crippen molar-refractivity contribution >= 4 is 21.9 Å². The molecule has 0 bridgehead atoms. The Hall–Kier alpha value is -2.51. The zero-order valence-corrected chi connectivity index (χ0v) is 13.0. The molecular weight excluding hydrogens is 320 g/mol. The van der Waals surface area contributed by atoms with Gasteiger partial charge in [-0.05, 0) is 11.6 Å². The number of carboxylic acids is 1. The number of benzene rings is 2. The Morgan fingerprint density at radius 1 is 1.00 bits per heavy atom. The van der Waals surface area contributed by atoms with Crippen LogP contribution in [-0.2, 0) is 19.1 Å². The minimum atomic E-state index is -3.97. The van der Waals surface area contributed by atoms with E-state index in [1.165, 1.54) is 24.3 Å². The minimum Gasteiger partial charge on any atom is -0.479 e. The van der Waals surface area contributed by atoms with Crippen molar-refractivity contribution in [2.24, 2.45) is 0 Å². The molecule has 0 saturated carbocycles. The molecule has 2 aromatic rings. The number of carbonyl (C=O) groups is 2. The second-order valence-corrected chi connectivity index (χ2v) is 6.44. The lowest BCUT2D eigenvalue weighted by molar-refractivity contribution is -0.145. The van der Waals surface area contributed by atoms with Crippen LogP contribution < -0.4 is 0 Å². The molecule has 0 aliphatic heterocycles. The maximum absolute atomic E-state index is 12.4. The molecule has 1 unspecified atom stereocenters. The van der Waals surface area contributed by atoms with Crippen LogP contribution in [-0.4, -0.2) is 31.5 Å². The van der Waals surface area contributed by atoms with E-state index in [4.69, 9.17) is 5.11 Å². The Morgan fingerprint density at radius 3 is 2.17 bits per heavy atom. The predicted octanol–water partition coefficient (Wildman–Crippen LogP) is 2.02. The molecule has 120 valence electrons. The summed E-state index contributed by atoms with van der Waals surface area (Å²) in [5.74, 6) is -1.75. The Labute approximate surface area is 133 Å². The number of ketones is 1. The summed E-state index contributed by atoms with van der Waals surface area (Å²) in [6.45, 7) is 0. The summed E-state index contributed by atoms with van der Waals surface area (Å²) in [6.07, 6.45) is -0.935. The molecule has 0 aliphatic carbocycles. The lowest BCUT2D eigenvalue weighted by atomic mass is 9.99. The van der Waals surface area contributed by atoms with Crippen LogP contribution in [0.4, 0.5) is 0 Å². The van der Waals surface area contributed by atoms with E-state index >= 15 is 0 Å². The largest absolute Gasteiger partial charge is 0.479 e. The fourth-order valence-corrected chi connectivity index (χ4v) is 2.56. The third-order valence-electron chi connectivity index (χ3n) is 2.98. The van der Waals surface area contributed by atoms with Crippen molar-refractivity contribution < 1.29 is 27.3 Å². The van der Waals surface area contributed by atoms with Crippen molar-refractivity contribution in [3.63, 3.8) is 0 Å². The molecule has 0 spiro atoms. The number of aliphatic carboxylic acids is 1. The van der Waals surface area contributed by atoms with Gasteiger partial charge >= 0.3 is 5.97 Å². The van der Waals surface area contributed by atoms with Crippen molar-refractivity contribution in [1.29, 1.82) is 0 Å². The molecule has 0 radical (unpaired) electrons. The van der Waals surface area contributed by atoms with Crippen LogP contribution in [0.2, 0.25) is 0 Å². The second kappa shape index (κ2) is 6.72. The van der Waals surface area contributed by atoms with Crippen LogP contribution in [0.5, 0.6) is 0 Å². The van der Waals surface area contributed by atoms with Crippen molar-refractivity contribution in [3.8, 4) is 0 Å². The van der Waals surface area contributed by atoms with Gasteiger partial charge in [-0.1, -0.05) is 48.5 Å². The quantitative estimate of drug-likeness (QED) is 0.641. The first-order valence-corrected chi connectivity index (χ1v) is 8.40. The van der Waals surface area contributed by atoms with E-state index in [1.807, 2.05) is 0 Å². The van der Waals surface area contributed by atoms with Crippen LogP contribution in [0.3, 0.4) is 0 Å². The standard InChI is InChI=1S/C16H14O6S/c1-23(20,21)22-15(16(18)19)13-9-5-8-12(10-13)14(17)11-6-3-2-4-7-11/h2-10,15H,1H3,(H,18,19). The first-order valence-electron chi connectivity index (χ1n) is 6.59. The summed E-state index contributed by atoms with van der Waals surface area (Å²) in [6, 6.07) is 14.2. The van der Waals surface area contributed by atoms with E-state index in [9.17, 15) is 18.0 Å². The van der Waals surface area contributed by atoms with Crippen LogP contribution >= 0.6 is 0 Å². The van der Waals surface area contributed by atoms with Crippen LogP contribution in [0.25, 0.3) is 0 Å². The average molecular weight is 334 g/mol. The Kier molecular flexibility index (Phi) is 4.92. The molecule has 0 aromatic heterocycles. The summed E-state index contributed by atoms with van der Waals surface area (Å²) in [7, 11) is -3.97. The van der Waals surface area contributed by atoms with Crippen LogP contribution in [0.1, 0.15) is 27.6 Å². The van der Waals surface area contributed by atoms with Gasteiger partial charge in [0.25, 0.3) is 10.1 Å². The van der Waals surface area contributed by atoms with Gasteiger partial charge in [0.2, 0.25) is 0 Å². The molecule has 1 atom stereocenters. The highest BCUT2D eigenvalue weighted by atomic mass is 32.2. The first kappa shape index (κ1) is 16.9. The van der Waals surface area contributed by atoms with Gasteiger partial charge in [-0.2, -0.15) is 8.42 Å². The van der Waals surface area contributed by atoms with E-state index in [2.05, 4.69) is 4.18 Å². The smallest absolute Gasteiger partial charge is 0.339 e. The third-order valence-corrected chi connectivity index (χ3v) is 3.52. The SMILES string of the molecule is CS(=O)(=O)OC(C(=O)O)c1cccc(C(=O)c2ccccc2)c1. The molecule has 0 heterocycles. The van der Waals surface area contributed by atoms with Gasteiger partial charge in [-0.25, -0.2) is 4.79 Å². The average Bonchev–Trinajstić information content (AvgIpc) is 2.52. The first-order chi connectivity index (χ1) is 10.8. The topological polar surface area (TPSA) is 97.7 Å². The molecule has 2 rings (SSSR count). The monoisotopic (exact) mass is 334 g/mol. The van der Waals surface area contributed by atoms with Crippen molar-refractivity contribution in [3.05, 3.63) is 71.3 Å². The lowest BCUT2D eigenvalue weighted by Gasteiger charge is -2.13. The van der Waals surface area contributed by atoms with Crippen molar-refractivity contribution in [2.75, 3.05) is 6.26 Å². The summed E-state index contributed by atoms with van der Waals surface area (Å²) in [4.78, 5) is 23.6. The number of hydrogen-bond donors (Lipinski definition) is 1. The zero-order chi connectivity index (χ0) is 17.0. The summed E-state index contributed by atoms with van der Waals surface area (Å²) < 4.78 is 27.0. The number of carboxylic acid groups (broad SMARTS) is 1. The maximum Gasteiger partial charge on any atom is 0.339 e. The Bertz CT molecular complexity index is 827. The molecule has 1 N–H and O–H groups in total. The predicted molar refractivity (Wildman–Crippen MR) is 82.6 cm³/mol. The van der Waals surface area contributed by atoms with Gasteiger partial charge < -0.3 is 5.11 Å². The fourth-order valence-electron chi connectivity index (χ4n) is 2.01. The fraction of sp³-hybridized carbons (Fsp3) is 0.125. The molecule has 0 aliphatic rings. The van der Waals surface area contributed by atoms with Crippen LogP contribution in [0.15, 0.2) is 54.6 Å². The van der Waals surface area contributed by atoms with Gasteiger partial charge in [0.05, 0.1) is 6.26 Å². The van der Waals surface area contributed by atoms with E-state index in [-0.39, 0.29) is 16.9 Å². The molecule has 0 fully saturated rings. The highest BCUT2D eigenvalue weighted by Gasteiger charge is 2.26. The Balaban J connectivity index is 2.38. The van der Waals surface area contributed by atoms with E-state index in [1.54, 1.807) is 30.3 Å². The third kappa shape index (κ3) is 4.48. The minimum absolute atomic E-state index is 0.0738. The molecule has 23 heavy (non-hydrogen) atoms. The van der Waals surface area contributed by atoms with Crippen molar-refractivity contribution in [2.45, 2.75) is 6.10 Å². The zero-order valence-electron chi connectivity index (χ0n) is 12.2. The molecule has 6 nitrogen and oxygen atoms in total.